The normalized spacial score (nSPS) is 16.9. The molecule has 2 aromatic carbocycles. The van der Waals surface area contributed by atoms with Crippen molar-refractivity contribution in [1.82, 2.24) is 10.9 Å². The minimum absolute atomic E-state index is 0.110. The van der Waals surface area contributed by atoms with Crippen molar-refractivity contribution in [2.75, 3.05) is 12.1 Å². The highest BCUT2D eigenvalue weighted by Gasteiger charge is 2.24. The van der Waals surface area contributed by atoms with Crippen molar-refractivity contribution in [3.63, 3.8) is 0 Å². The number of nitrogens with one attached hydrogen (secondary N) is 3. The number of hydrogen-bond acceptors (Lipinski definition) is 6. The number of carbonyl (C=O) groups excluding carboxylic acids is 3. The molecular weight excluding hydrogens is 370 g/mol. The third-order valence-corrected chi connectivity index (χ3v) is 5.27. The molecule has 0 aliphatic carbocycles. The summed E-state index contributed by atoms with van der Waals surface area (Å²) in [4.78, 5) is 37.2. The second-order valence-corrected chi connectivity index (χ2v) is 7.32. The second-order valence-electron chi connectivity index (χ2n) is 5.94. The summed E-state index contributed by atoms with van der Waals surface area (Å²) >= 11 is 1.43. The molecule has 8 nitrogen and oxygen atoms in total. The number of fused-ring (bicyclic) bond motifs is 2. The van der Waals surface area contributed by atoms with Crippen molar-refractivity contribution in [3.8, 4) is 11.5 Å². The maximum absolute atomic E-state index is 12.3. The van der Waals surface area contributed by atoms with Crippen LogP contribution in [0.3, 0.4) is 0 Å². The molecule has 4 rings (SSSR count). The van der Waals surface area contributed by atoms with Crippen molar-refractivity contribution < 1.29 is 23.9 Å². The van der Waals surface area contributed by atoms with Gasteiger partial charge in [0, 0.05) is 16.0 Å². The number of ether oxygens (including phenoxy) is 2. The Bertz CT molecular complexity index is 962. The molecular formula is C18H15N3O5S. The molecule has 0 saturated heterocycles. The van der Waals surface area contributed by atoms with Gasteiger partial charge in [-0.15, -0.1) is 11.8 Å². The van der Waals surface area contributed by atoms with E-state index in [4.69, 9.17) is 9.47 Å². The third-order valence-electron chi connectivity index (χ3n) is 4.10. The second kappa shape index (κ2) is 6.84. The molecule has 0 bridgehead atoms. The first kappa shape index (κ1) is 17.2. The predicted octanol–water partition coefficient (Wildman–Crippen LogP) is 1.92. The Kier molecular flexibility index (Phi) is 4.36. The molecule has 0 spiro atoms. The van der Waals surface area contributed by atoms with Crippen molar-refractivity contribution in [2.24, 2.45) is 0 Å². The summed E-state index contributed by atoms with van der Waals surface area (Å²) in [6.45, 7) is 1.93. The van der Waals surface area contributed by atoms with Gasteiger partial charge in [0.25, 0.3) is 11.8 Å². The van der Waals surface area contributed by atoms with Gasteiger partial charge in [-0.3, -0.25) is 25.2 Å². The first-order chi connectivity index (χ1) is 13.0. The van der Waals surface area contributed by atoms with Crippen molar-refractivity contribution in [3.05, 3.63) is 47.5 Å². The molecule has 3 N–H and O–H groups in total. The van der Waals surface area contributed by atoms with Crippen LogP contribution >= 0.6 is 11.8 Å². The van der Waals surface area contributed by atoms with E-state index in [9.17, 15) is 14.4 Å². The molecule has 9 heteroatoms. The molecule has 3 amide bonds. The van der Waals surface area contributed by atoms with Gasteiger partial charge in [-0.05, 0) is 43.3 Å². The molecule has 2 heterocycles. The van der Waals surface area contributed by atoms with Gasteiger partial charge >= 0.3 is 0 Å². The van der Waals surface area contributed by atoms with E-state index in [1.807, 2.05) is 6.92 Å². The number of hydrazine groups is 1. The van der Waals surface area contributed by atoms with Crippen LogP contribution in [0.15, 0.2) is 41.3 Å². The molecule has 0 fully saturated rings. The fourth-order valence-corrected chi connectivity index (χ4v) is 3.58. The van der Waals surface area contributed by atoms with Gasteiger partial charge in [0.15, 0.2) is 11.5 Å². The minimum Gasteiger partial charge on any atom is -0.454 e. The average Bonchev–Trinajstić information content (AvgIpc) is 3.14. The van der Waals surface area contributed by atoms with E-state index >= 15 is 0 Å². The summed E-state index contributed by atoms with van der Waals surface area (Å²) in [6.07, 6.45) is 0. The minimum atomic E-state index is -0.496. The Hall–Kier alpha value is -3.20. The molecule has 2 aromatic rings. The van der Waals surface area contributed by atoms with Gasteiger partial charge in [-0.25, -0.2) is 0 Å². The third kappa shape index (κ3) is 3.41. The molecule has 0 saturated carbocycles. The molecule has 138 valence electrons. The summed E-state index contributed by atoms with van der Waals surface area (Å²) in [6, 6.07) is 9.72. The Balaban J connectivity index is 1.41. The lowest BCUT2D eigenvalue weighted by molar-refractivity contribution is -0.115. The van der Waals surface area contributed by atoms with Crippen molar-refractivity contribution in [1.29, 1.82) is 0 Å². The molecule has 1 unspecified atom stereocenters. The lowest BCUT2D eigenvalue weighted by Crippen LogP contribution is -2.41. The predicted molar refractivity (Wildman–Crippen MR) is 97.9 cm³/mol. The number of hydrogen-bond donors (Lipinski definition) is 3. The maximum atomic E-state index is 12.3. The molecule has 0 aromatic heterocycles. The van der Waals surface area contributed by atoms with Gasteiger partial charge in [-0.1, -0.05) is 0 Å². The van der Waals surface area contributed by atoms with Gasteiger partial charge in [-0.2, -0.15) is 0 Å². The van der Waals surface area contributed by atoms with Crippen LogP contribution in [0.2, 0.25) is 0 Å². The van der Waals surface area contributed by atoms with E-state index in [2.05, 4.69) is 16.2 Å². The first-order valence-electron chi connectivity index (χ1n) is 8.13. The Morgan fingerprint density at radius 3 is 2.48 bits per heavy atom. The molecule has 27 heavy (non-hydrogen) atoms. The number of carbonyl (C=O) groups is 3. The van der Waals surface area contributed by atoms with E-state index in [0.717, 1.165) is 4.90 Å². The van der Waals surface area contributed by atoms with Crippen LogP contribution in [-0.2, 0) is 4.79 Å². The van der Waals surface area contributed by atoms with Crippen molar-refractivity contribution >= 4 is 35.2 Å². The number of thioether (sulfide) groups is 1. The Morgan fingerprint density at radius 2 is 1.70 bits per heavy atom. The zero-order chi connectivity index (χ0) is 19.0. The molecule has 1 atom stereocenters. The maximum Gasteiger partial charge on any atom is 0.269 e. The van der Waals surface area contributed by atoms with Crippen LogP contribution in [0, 0.1) is 0 Å². The van der Waals surface area contributed by atoms with Gasteiger partial charge in [0.1, 0.15) is 0 Å². The number of rotatable bonds is 2. The zero-order valence-corrected chi connectivity index (χ0v) is 15.0. The summed E-state index contributed by atoms with van der Waals surface area (Å²) in [5.41, 5.74) is 5.94. The van der Waals surface area contributed by atoms with Gasteiger partial charge in [0.2, 0.25) is 12.7 Å². The van der Waals surface area contributed by atoms with E-state index in [-0.39, 0.29) is 18.0 Å². The Labute approximate surface area is 158 Å². The lowest BCUT2D eigenvalue weighted by Gasteiger charge is -2.21. The van der Waals surface area contributed by atoms with E-state index in [0.29, 0.717) is 28.3 Å². The van der Waals surface area contributed by atoms with Crippen LogP contribution in [0.25, 0.3) is 0 Å². The largest absolute Gasteiger partial charge is 0.454 e. The summed E-state index contributed by atoms with van der Waals surface area (Å²) in [5, 5.41) is 2.58. The highest BCUT2D eigenvalue weighted by molar-refractivity contribution is 8.00. The fraction of sp³-hybridized carbons (Fsp3) is 0.167. The first-order valence-corrected chi connectivity index (χ1v) is 9.01. The SMILES string of the molecule is CC1Sc2ccc(C(=O)NNC(=O)c3ccc4c(c3)OCO4)cc2NC1=O. The van der Waals surface area contributed by atoms with E-state index in [1.54, 1.807) is 30.3 Å². The monoisotopic (exact) mass is 385 g/mol. The van der Waals surface area contributed by atoms with Crippen LogP contribution in [0.4, 0.5) is 5.69 Å². The summed E-state index contributed by atoms with van der Waals surface area (Å²) in [5.74, 6) is -0.0479. The highest BCUT2D eigenvalue weighted by atomic mass is 32.2. The number of benzene rings is 2. The zero-order valence-electron chi connectivity index (χ0n) is 14.2. The Morgan fingerprint density at radius 1 is 1.04 bits per heavy atom. The van der Waals surface area contributed by atoms with E-state index in [1.165, 1.54) is 17.8 Å². The standard InChI is InChI=1S/C18H15N3O5S/c1-9-16(22)19-12-6-10(3-5-15(12)27-9)17(23)20-21-18(24)11-2-4-13-14(7-11)26-8-25-13/h2-7,9H,8H2,1H3,(H,19,22)(H,20,23)(H,21,24). The molecule has 2 aliphatic heterocycles. The molecule has 2 aliphatic rings. The van der Waals surface area contributed by atoms with Gasteiger partial charge < -0.3 is 14.8 Å². The lowest BCUT2D eigenvalue weighted by atomic mass is 10.2. The summed E-state index contributed by atoms with van der Waals surface area (Å²) in [7, 11) is 0. The quantitative estimate of drug-likeness (QED) is 0.682. The highest BCUT2D eigenvalue weighted by Crippen LogP contribution is 2.36. The number of amides is 3. The van der Waals surface area contributed by atoms with Gasteiger partial charge in [0.05, 0.1) is 10.9 Å². The van der Waals surface area contributed by atoms with Crippen LogP contribution in [0.1, 0.15) is 27.6 Å². The van der Waals surface area contributed by atoms with Crippen molar-refractivity contribution in [2.45, 2.75) is 17.1 Å². The van der Waals surface area contributed by atoms with Crippen LogP contribution in [-0.4, -0.2) is 29.8 Å². The topological polar surface area (TPSA) is 106 Å². The fourth-order valence-electron chi connectivity index (χ4n) is 2.65. The average molecular weight is 385 g/mol. The van der Waals surface area contributed by atoms with E-state index < -0.39 is 11.8 Å². The number of anilines is 1. The van der Waals surface area contributed by atoms with Crippen LogP contribution < -0.4 is 25.6 Å². The van der Waals surface area contributed by atoms with Crippen LogP contribution in [0.5, 0.6) is 11.5 Å². The smallest absolute Gasteiger partial charge is 0.269 e. The summed E-state index contributed by atoms with van der Waals surface area (Å²) < 4.78 is 10.4. The molecule has 0 radical (unpaired) electrons.